The number of ether oxygens (including phenoxy) is 2. The van der Waals surface area contributed by atoms with Gasteiger partial charge in [0.2, 0.25) is 0 Å². The number of hydrogen-bond donors (Lipinski definition) is 1. The highest BCUT2D eigenvalue weighted by atomic mass is 16.5. The van der Waals surface area contributed by atoms with E-state index in [1.54, 1.807) is 0 Å². The molecule has 0 radical (unpaired) electrons. The summed E-state index contributed by atoms with van der Waals surface area (Å²) in [6, 6.07) is 9.83. The average molecular weight is 289 g/mol. The van der Waals surface area contributed by atoms with Gasteiger partial charge in [-0.25, -0.2) is 0 Å². The number of esters is 1. The van der Waals surface area contributed by atoms with Gasteiger partial charge < -0.3 is 14.8 Å². The van der Waals surface area contributed by atoms with Gasteiger partial charge in [0, 0.05) is 13.2 Å². The van der Waals surface area contributed by atoms with E-state index in [9.17, 15) is 4.79 Å². The maximum atomic E-state index is 12.3. The first-order chi connectivity index (χ1) is 10.3. The molecule has 0 bridgehead atoms. The lowest BCUT2D eigenvalue weighted by Gasteiger charge is -2.25. The molecule has 0 aromatic heterocycles. The van der Waals surface area contributed by atoms with Crippen molar-refractivity contribution in [1.29, 1.82) is 0 Å². The molecule has 0 amide bonds. The van der Waals surface area contributed by atoms with Gasteiger partial charge in [0.25, 0.3) is 0 Å². The summed E-state index contributed by atoms with van der Waals surface area (Å²) in [4.78, 5) is 12.3. The minimum Gasteiger partial charge on any atom is -0.459 e. The normalized spacial score (nSPS) is 21.0. The van der Waals surface area contributed by atoms with Crippen molar-refractivity contribution in [1.82, 2.24) is 5.32 Å². The van der Waals surface area contributed by atoms with Crippen LogP contribution in [-0.2, 0) is 20.9 Å². The summed E-state index contributed by atoms with van der Waals surface area (Å²) in [6.07, 6.45) is 3.96. The first-order valence-corrected chi connectivity index (χ1v) is 7.82. The largest absolute Gasteiger partial charge is 0.459 e. The zero-order chi connectivity index (χ0) is 14.5. The summed E-state index contributed by atoms with van der Waals surface area (Å²) >= 11 is 0. The maximum Gasteiger partial charge on any atom is 0.326 e. The summed E-state index contributed by atoms with van der Waals surface area (Å²) < 4.78 is 10.8. The van der Waals surface area contributed by atoms with Crippen LogP contribution < -0.4 is 5.32 Å². The number of benzene rings is 1. The number of carbonyl (C=O) groups is 1. The highest BCUT2D eigenvalue weighted by molar-refractivity contribution is 5.84. The fraction of sp³-hybridized carbons (Fsp3) is 0.588. The van der Waals surface area contributed by atoms with Crippen LogP contribution in [0.5, 0.6) is 0 Å². The monoisotopic (exact) mass is 289 g/mol. The molecule has 1 aliphatic heterocycles. The number of rotatable bonds is 6. The Morgan fingerprint density at radius 1 is 1.24 bits per heavy atom. The number of hydrogen-bond acceptors (Lipinski definition) is 4. The van der Waals surface area contributed by atoms with Crippen molar-refractivity contribution in [3.63, 3.8) is 0 Å². The molecule has 0 atom stereocenters. The van der Waals surface area contributed by atoms with E-state index in [0.29, 0.717) is 12.5 Å². The Balaban J connectivity index is 1.45. The van der Waals surface area contributed by atoms with Gasteiger partial charge in [-0.15, -0.1) is 0 Å². The maximum absolute atomic E-state index is 12.3. The summed E-state index contributed by atoms with van der Waals surface area (Å²) in [5.74, 6) is 0.525. The first-order valence-electron chi connectivity index (χ1n) is 7.82. The SMILES string of the molecule is O=C(OCc1ccccc1)C1(NCC2CCOCC2)CC1. The quantitative estimate of drug-likeness (QED) is 0.816. The van der Waals surface area contributed by atoms with Crippen molar-refractivity contribution >= 4 is 5.97 Å². The summed E-state index contributed by atoms with van der Waals surface area (Å²) in [5, 5.41) is 3.45. The Morgan fingerprint density at radius 2 is 1.95 bits per heavy atom. The van der Waals surface area contributed by atoms with Gasteiger partial charge in [0.15, 0.2) is 0 Å². The smallest absolute Gasteiger partial charge is 0.326 e. The van der Waals surface area contributed by atoms with Crippen molar-refractivity contribution in [3.05, 3.63) is 35.9 Å². The van der Waals surface area contributed by atoms with E-state index >= 15 is 0 Å². The lowest BCUT2D eigenvalue weighted by molar-refractivity contribution is -0.149. The van der Waals surface area contributed by atoms with E-state index in [2.05, 4.69) is 5.32 Å². The van der Waals surface area contributed by atoms with E-state index in [0.717, 1.165) is 51.0 Å². The van der Waals surface area contributed by atoms with E-state index < -0.39 is 5.54 Å². The Labute approximate surface area is 125 Å². The predicted molar refractivity (Wildman–Crippen MR) is 79.7 cm³/mol. The molecule has 3 rings (SSSR count). The van der Waals surface area contributed by atoms with Crippen LogP contribution in [0.4, 0.5) is 0 Å². The molecule has 1 saturated carbocycles. The molecular formula is C17H23NO3. The lowest BCUT2D eigenvalue weighted by atomic mass is 10.00. The standard InChI is InChI=1S/C17H23NO3/c19-16(21-13-15-4-2-1-3-5-15)17(8-9-17)18-12-14-6-10-20-11-7-14/h1-5,14,18H,6-13H2. The minimum absolute atomic E-state index is 0.0987. The van der Waals surface area contributed by atoms with Gasteiger partial charge in [-0.3, -0.25) is 4.79 Å². The summed E-state index contributed by atoms with van der Waals surface area (Å²) in [5.41, 5.74) is 0.624. The van der Waals surface area contributed by atoms with Crippen LogP contribution in [0.3, 0.4) is 0 Å². The molecule has 114 valence electrons. The van der Waals surface area contributed by atoms with Gasteiger partial charge in [0.05, 0.1) is 0 Å². The third kappa shape index (κ3) is 3.83. The van der Waals surface area contributed by atoms with Gasteiger partial charge in [0.1, 0.15) is 12.1 Å². The van der Waals surface area contributed by atoms with Crippen LogP contribution in [0, 0.1) is 5.92 Å². The molecule has 2 fully saturated rings. The third-order valence-electron chi connectivity index (χ3n) is 4.42. The van der Waals surface area contributed by atoms with Crippen LogP contribution in [0.25, 0.3) is 0 Å². The molecule has 0 unspecified atom stereocenters. The molecule has 1 heterocycles. The fourth-order valence-corrected chi connectivity index (χ4v) is 2.73. The second-order valence-electron chi connectivity index (χ2n) is 6.08. The molecule has 1 aliphatic carbocycles. The third-order valence-corrected chi connectivity index (χ3v) is 4.42. The van der Waals surface area contributed by atoms with Crippen molar-refractivity contribution in [2.75, 3.05) is 19.8 Å². The van der Waals surface area contributed by atoms with Crippen molar-refractivity contribution in [2.24, 2.45) is 5.92 Å². The van der Waals surface area contributed by atoms with E-state index in [4.69, 9.17) is 9.47 Å². The van der Waals surface area contributed by atoms with Gasteiger partial charge in [-0.2, -0.15) is 0 Å². The second-order valence-corrected chi connectivity index (χ2v) is 6.08. The second kappa shape index (κ2) is 6.58. The van der Waals surface area contributed by atoms with Crippen LogP contribution in [0.1, 0.15) is 31.2 Å². The Hall–Kier alpha value is -1.39. The topological polar surface area (TPSA) is 47.6 Å². The van der Waals surface area contributed by atoms with Crippen LogP contribution >= 0.6 is 0 Å². The highest BCUT2D eigenvalue weighted by Crippen LogP contribution is 2.37. The minimum atomic E-state index is -0.410. The Kier molecular flexibility index (Phi) is 4.56. The molecule has 2 aliphatic rings. The number of carbonyl (C=O) groups excluding carboxylic acids is 1. The molecule has 0 spiro atoms. The van der Waals surface area contributed by atoms with Crippen molar-refractivity contribution in [3.8, 4) is 0 Å². The predicted octanol–water partition coefficient (Wildman–Crippen LogP) is 2.28. The molecule has 1 aromatic carbocycles. The molecule has 1 aromatic rings. The Morgan fingerprint density at radius 3 is 2.62 bits per heavy atom. The van der Waals surface area contributed by atoms with Crippen LogP contribution in [0.15, 0.2) is 30.3 Å². The molecule has 1 saturated heterocycles. The first kappa shape index (κ1) is 14.5. The zero-order valence-electron chi connectivity index (χ0n) is 12.3. The van der Waals surface area contributed by atoms with E-state index in [1.165, 1.54) is 0 Å². The lowest BCUT2D eigenvalue weighted by Crippen LogP contribution is -2.43. The number of nitrogens with one attached hydrogen (secondary N) is 1. The van der Waals surface area contributed by atoms with Crippen LogP contribution in [-0.4, -0.2) is 31.3 Å². The fourth-order valence-electron chi connectivity index (χ4n) is 2.73. The van der Waals surface area contributed by atoms with Gasteiger partial charge in [-0.1, -0.05) is 30.3 Å². The van der Waals surface area contributed by atoms with E-state index in [1.807, 2.05) is 30.3 Å². The molecular weight excluding hydrogens is 266 g/mol. The van der Waals surface area contributed by atoms with Gasteiger partial charge in [-0.05, 0) is 43.7 Å². The molecule has 21 heavy (non-hydrogen) atoms. The summed E-state index contributed by atoms with van der Waals surface area (Å²) in [7, 11) is 0. The summed E-state index contributed by atoms with van der Waals surface area (Å²) in [6.45, 7) is 2.94. The van der Waals surface area contributed by atoms with Crippen molar-refractivity contribution in [2.45, 2.75) is 37.8 Å². The van der Waals surface area contributed by atoms with Gasteiger partial charge >= 0.3 is 5.97 Å². The Bertz CT molecular complexity index is 464. The van der Waals surface area contributed by atoms with Crippen LogP contribution in [0.2, 0.25) is 0 Å². The molecule has 1 N–H and O–H groups in total. The average Bonchev–Trinajstić information content (AvgIpc) is 3.34. The zero-order valence-corrected chi connectivity index (χ0v) is 12.3. The molecule has 4 heteroatoms. The molecule has 4 nitrogen and oxygen atoms in total. The van der Waals surface area contributed by atoms with E-state index in [-0.39, 0.29) is 5.97 Å². The van der Waals surface area contributed by atoms with Crippen molar-refractivity contribution < 1.29 is 14.3 Å². The highest BCUT2D eigenvalue weighted by Gasteiger charge is 2.51.